The van der Waals surface area contributed by atoms with Gasteiger partial charge < -0.3 is 19.7 Å². The summed E-state index contributed by atoms with van der Waals surface area (Å²) in [6.45, 7) is 1.23. The highest BCUT2D eigenvalue weighted by molar-refractivity contribution is 7.90. The maximum absolute atomic E-state index is 11.7. The number of hydrogen-bond donors (Lipinski definition) is 2. The van der Waals surface area contributed by atoms with Gasteiger partial charge in [0.25, 0.3) is 0 Å². The summed E-state index contributed by atoms with van der Waals surface area (Å²) in [6.07, 6.45) is 1.29. The van der Waals surface area contributed by atoms with E-state index in [-0.39, 0.29) is 22.4 Å². The highest BCUT2D eigenvalue weighted by Crippen LogP contribution is 2.43. The summed E-state index contributed by atoms with van der Waals surface area (Å²) in [5.74, 6) is 0.523. The number of phenols is 2. The molecular weight excluding hydrogens is 382 g/mol. The minimum atomic E-state index is -3.29. The van der Waals surface area contributed by atoms with Crippen LogP contribution in [-0.2, 0) is 21.0 Å². The first-order valence-corrected chi connectivity index (χ1v) is 10.8. The normalized spacial score (nSPS) is 19.0. The third-order valence-corrected chi connectivity index (χ3v) is 6.17. The summed E-state index contributed by atoms with van der Waals surface area (Å²) in [5, 5.41) is 20.2. The monoisotopic (exact) mass is 407 g/mol. The molecule has 3 rings (SSSR count). The van der Waals surface area contributed by atoms with Crippen LogP contribution in [0.3, 0.4) is 0 Å². The van der Waals surface area contributed by atoms with Gasteiger partial charge in [-0.1, -0.05) is 0 Å². The first-order valence-electron chi connectivity index (χ1n) is 8.91. The number of aromatic hydroxyl groups is 2. The number of ether oxygens (including phenoxy) is 2. The van der Waals surface area contributed by atoms with Gasteiger partial charge in [-0.2, -0.15) is 0 Å². The van der Waals surface area contributed by atoms with E-state index in [9.17, 15) is 18.6 Å². The van der Waals surface area contributed by atoms with Crippen LogP contribution >= 0.6 is 0 Å². The topological polar surface area (TPSA) is 96.3 Å². The molecule has 28 heavy (non-hydrogen) atoms. The van der Waals surface area contributed by atoms with Gasteiger partial charge in [-0.15, -0.1) is 0 Å². The summed E-state index contributed by atoms with van der Waals surface area (Å²) < 4.78 is 34.7. The molecule has 0 saturated carbocycles. The second-order valence-electron chi connectivity index (χ2n) is 7.06. The quantitative estimate of drug-likeness (QED) is 0.726. The van der Waals surface area contributed by atoms with Crippen molar-refractivity contribution in [2.75, 3.05) is 33.6 Å². The van der Waals surface area contributed by atoms with Gasteiger partial charge in [0.15, 0.2) is 9.84 Å². The average Bonchev–Trinajstić information content (AvgIpc) is 2.98. The van der Waals surface area contributed by atoms with Gasteiger partial charge in [0, 0.05) is 37.1 Å². The molecule has 152 valence electrons. The Balaban J connectivity index is 1.92. The third-order valence-electron chi connectivity index (χ3n) is 5.04. The summed E-state index contributed by atoms with van der Waals surface area (Å²) in [5.41, 5.74) is 1.46. The number of nitrogens with zero attached hydrogens (tertiary/aromatic N) is 1. The van der Waals surface area contributed by atoms with Crippen LogP contribution in [0, 0.1) is 0 Å². The van der Waals surface area contributed by atoms with Crippen LogP contribution in [-0.4, -0.2) is 63.1 Å². The Morgan fingerprint density at radius 3 is 2.46 bits per heavy atom. The molecule has 1 aliphatic carbocycles. The standard InChI is InChI=1S/C20H25NO6S/c1-21(8-9-26-2)18-12-16-17(10-13(22)11-19(16)23)20(18)27-14-4-6-15(7-5-14)28(3,24)25/h4-7,10-11,18,20,22-23H,8-9,12H2,1-3H3/t18-,20-/m0/s1. The van der Waals surface area contributed by atoms with Crippen molar-refractivity contribution in [2.45, 2.75) is 23.5 Å². The van der Waals surface area contributed by atoms with Crippen molar-refractivity contribution in [1.82, 2.24) is 4.90 Å². The van der Waals surface area contributed by atoms with Crippen molar-refractivity contribution in [3.05, 3.63) is 47.5 Å². The number of hydrogen-bond acceptors (Lipinski definition) is 7. The van der Waals surface area contributed by atoms with Crippen LogP contribution in [0.1, 0.15) is 17.2 Å². The largest absolute Gasteiger partial charge is 0.508 e. The van der Waals surface area contributed by atoms with E-state index in [0.29, 0.717) is 25.3 Å². The molecule has 0 radical (unpaired) electrons. The molecule has 0 amide bonds. The van der Waals surface area contributed by atoms with Gasteiger partial charge in [-0.25, -0.2) is 8.42 Å². The predicted molar refractivity (Wildman–Crippen MR) is 105 cm³/mol. The van der Waals surface area contributed by atoms with Gasteiger partial charge in [0.1, 0.15) is 23.4 Å². The fourth-order valence-corrected chi connectivity index (χ4v) is 4.14. The van der Waals surface area contributed by atoms with Crippen LogP contribution in [0.5, 0.6) is 17.2 Å². The van der Waals surface area contributed by atoms with Crippen molar-refractivity contribution in [2.24, 2.45) is 0 Å². The number of phenolic OH excluding ortho intramolecular Hbond substituents is 2. The molecule has 0 spiro atoms. The summed E-state index contributed by atoms with van der Waals surface area (Å²) >= 11 is 0. The molecule has 2 aromatic rings. The van der Waals surface area contributed by atoms with Gasteiger partial charge >= 0.3 is 0 Å². The molecular formula is C20H25NO6S. The summed E-state index contributed by atoms with van der Waals surface area (Å²) in [6, 6.07) is 9.09. The minimum Gasteiger partial charge on any atom is -0.508 e. The molecule has 0 bridgehead atoms. The molecule has 2 aromatic carbocycles. The molecule has 0 unspecified atom stereocenters. The maximum Gasteiger partial charge on any atom is 0.175 e. The third kappa shape index (κ3) is 4.24. The van der Waals surface area contributed by atoms with Crippen molar-refractivity contribution < 1.29 is 28.1 Å². The highest BCUT2D eigenvalue weighted by Gasteiger charge is 2.38. The Kier molecular flexibility index (Phi) is 5.83. The molecule has 2 atom stereocenters. The first kappa shape index (κ1) is 20.4. The Morgan fingerprint density at radius 1 is 1.18 bits per heavy atom. The van der Waals surface area contributed by atoms with Crippen molar-refractivity contribution >= 4 is 9.84 Å². The zero-order valence-corrected chi connectivity index (χ0v) is 16.9. The minimum absolute atomic E-state index is 0.0301. The molecule has 0 aromatic heterocycles. The Labute approximate surface area is 165 Å². The first-order chi connectivity index (χ1) is 13.2. The van der Waals surface area contributed by atoms with Gasteiger partial charge in [-0.05, 0) is 43.8 Å². The van der Waals surface area contributed by atoms with Gasteiger partial charge in [0.2, 0.25) is 0 Å². The van der Waals surface area contributed by atoms with Gasteiger partial charge in [0.05, 0.1) is 17.5 Å². The van der Waals surface area contributed by atoms with Crippen molar-refractivity contribution in [3.8, 4) is 17.2 Å². The summed E-state index contributed by atoms with van der Waals surface area (Å²) in [7, 11) is 0.306. The van der Waals surface area contributed by atoms with E-state index in [2.05, 4.69) is 4.90 Å². The zero-order valence-electron chi connectivity index (χ0n) is 16.1. The predicted octanol–water partition coefficient (Wildman–Crippen LogP) is 2.12. The molecule has 0 saturated heterocycles. The molecule has 0 fully saturated rings. The maximum atomic E-state index is 11.7. The highest BCUT2D eigenvalue weighted by atomic mass is 32.2. The Morgan fingerprint density at radius 2 is 1.86 bits per heavy atom. The lowest BCUT2D eigenvalue weighted by Crippen LogP contribution is -2.39. The van der Waals surface area contributed by atoms with E-state index in [1.165, 1.54) is 18.2 Å². The van der Waals surface area contributed by atoms with Crippen LogP contribution < -0.4 is 4.74 Å². The van der Waals surface area contributed by atoms with Crippen molar-refractivity contribution in [1.29, 1.82) is 0 Å². The Hall–Kier alpha value is -2.29. The molecule has 7 nitrogen and oxygen atoms in total. The molecule has 2 N–H and O–H groups in total. The van der Waals surface area contributed by atoms with Gasteiger partial charge in [-0.3, -0.25) is 4.90 Å². The van der Waals surface area contributed by atoms with E-state index in [0.717, 1.165) is 17.4 Å². The molecule has 8 heteroatoms. The fourth-order valence-electron chi connectivity index (χ4n) is 3.51. The number of benzene rings is 2. The average molecular weight is 407 g/mol. The lowest BCUT2D eigenvalue weighted by atomic mass is 10.1. The smallest absolute Gasteiger partial charge is 0.175 e. The zero-order chi connectivity index (χ0) is 20.5. The van der Waals surface area contributed by atoms with E-state index < -0.39 is 15.9 Å². The van der Waals surface area contributed by atoms with E-state index in [1.807, 2.05) is 7.05 Å². The second-order valence-corrected chi connectivity index (χ2v) is 9.08. The molecule has 0 heterocycles. The number of rotatable bonds is 7. The second kappa shape index (κ2) is 7.98. The number of fused-ring (bicyclic) bond motifs is 1. The van der Waals surface area contributed by atoms with Crippen LogP contribution in [0.2, 0.25) is 0 Å². The van der Waals surface area contributed by atoms with E-state index >= 15 is 0 Å². The van der Waals surface area contributed by atoms with Crippen LogP contribution in [0.25, 0.3) is 0 Å². The summed E-state index contributed by atoms with van der Waals surface area (Å²) in [4.78, 5) is 2.31. The molecule has 0 aliphatic heterocycles. The van der Waals surface area contributed by atoms with E-state index in [4.69, 9.17) is 9.47 Å². The SMILES string of the molecule is COCCN(C)[C@H]1Cc2c(O)cc(O)cc2[C@@H]1Oc1ccc(S(C)(=O)=O)cc1. The van der Waals surface area contributed by atoms with Crippen LogP contribution in [0.15, 0.2) is 41.3 Å². The lowest BCUT2D eigenvalue weighted by Gasteiger charge is -2.30. The fraction of sp³-hybridized carbons (Fsp3) is 0.400. The number of methoxy groups -OCH3 is 1. The number of likely N-dealkylation sites (N-methyl/N-ethyl adjacent to an activating group) is 1. The lowest BCUT2D eigenvalue weighted by molar-refractivity contribution is 0.0733. The van der Waals surface area contributed by atoms with Crippen LogP contribution in [0.4, 0.5) is 0 Å². The number of sulfone groups is 1. The Bertz CT molecular complexity index is 942. The van der Waals surface area contributed by atoms with Crippen molar-refractivity contribution in [3.63, 3.8) is 0 Å². The van der Waals surface area contributed by atoms with E-state index in [1.54, 1.807) is 25.3 Å². The molecule has 1 aliphatic rings.